The Balaban J connectivity index is 1.25. The van der Waals surface area contributed by atoms with Crippen molar-refractivity contribution in [1.82, 2.24) is 9.88 Å². The molecule has 0 radical (unpaired) electrons. The predicted octanol–water partition coefficient (Wildman–Crippen LogP) is 2.32. The van der Waals surface area contributed by atoms with Gasteiger partial charge in [0, 0.05) is 25.3 Å². The highest BCUT2D eigenvalue weighted by Crippen LogP contribution is 2.60. The van der Waals surface area contributed by atoms with Crippen LogP contribution >= 0.6 is 11.3 Å². The van der Waals surface area contributed by atoms with E-state index in [1.54, 1.807) is 10.3 Å². The van der Waals surface area contributed by atoms with Crippen molar-refractivity contribution < 1.29 is 24.2 Å². The number of esters is 1. The second kappa shape index (κ2) is 7.85. The largest absolute Gasteiger partial charge is 0.458 e. The van der Waals surface area contributed by atoms with E-state index in [9.17, 15) is 19.5 Å². The number of β-amino-alcohol motifs (C(OH)–C–C–N with tert-alkyl or cyclic N) is 1. The lowest BCUT2D eigenvalue weighted by atomic mass is 9.49. The van der Waals surface area contributed by atoms with Crippen LogP contribution in [0, 0.1) is 23.2 Å². The third-order valence-corrected chi connectivity index (χ3v) is 8.31. The minimum Gasteiger partial charge on any atom is -0.458 e. The van der Waals surface area contributed by atoms with Crippen LogP contribution in [0.2, 0.25) is 0 Å². The fraction of sp³-hybridized carbons (Fsp3) is 0.727. The Kier molecular flexibility index (Phi) is 5.29. The summed E-state index contributed by atoms with van der Waals surface area (Å²) in [5.74, 6) is 1.24. The number of amides is 2. The maximum absolute atomic E-state index is 13.7. The molecule has 2 heterocycles. The maximum atomic E-state index is 13.7. The van der Waals surface area contributed by atoms with Crippen LogP contribution in [0.25, 0.3) is 0 Å². The Morgan fingerprint density at radius 3 is 2.45 bits per heavy atom. The number of carbonyl (C=O) groups is 3. The number of aliphatic hydroxyl groups is 1. The van der Waals surface area contributed by atoms with E-state index in [1.165, 1.54) is 37.5 Å². The standard InChI is InChI=1S/C22H29N3O5S/c1-12(26)23-21-24-16(11-31-21)10-30-19(28)18-5-17(27)9-25(18)20(29)22-6-13-2-14(7-22)4-15(3-13)8-22/h11,13-15,17-18,27H,2-10H2,1H3,(H,23,24,26)/t13?,14?,15?,17?,18-,22?/m0/s1. The minimum atomic E-state index is -0.746. The first kappa shape index (κ1) is 20.9. The molecule has 1 saturated heterocycles. The van der Waals surface area contributed by atoms with Gasteiger partial charge in [-0.25, -0.2) is 9.78 Å². The SMILES string of the molecule is CC(=O)Nc1nc(COC(=O)[C@@H]2CC(O)CN2C(=O)C23CC4CC(CC(C4)C2)C3)cs1. The lowest BCUT2D eigenvalue weighted by molar-refractivity contribution is -0.166. The van der Waals surface area contributed by atoms with Gasteiger partial charge in [-0.15, -0.1) is 11.3 Å². The van der Waals surface area contributed by atoms with Crippen molar-refractivity contribution in [1.29, 1.82) is 0 Å². The minimum absolute atomic E-state index is 0.0269. The molecule has 0 spiro atoms. The number of nitrogens with zero attached hydrogens (tertiary/aromatic N) is 2. The van der Waals surface area contributed by atoms with E-state index in [4.69, 9.17) is 4.74 Å². The molecule has 5 aliphatic rings. The zero-order valence-electron chi connectivity index (χ0n) is 17.7. The Morgan fingerprint density at radius 2 is 1.84 bits per heavy atom. The molecule has 1 aromatic rings. The van der Waals surface area contributed by atoms with Gasteiger partial charge in [0.2, 0.25) is 11.8 Å². The summed E-state index contributed by atoms with van der Waals surface area (Å²) in [5.41, 5.74) is 0.194. The molecule has 0 aromatic carbocycles. The molecule has 6 rings (SSSR count). The second-order valence-corrected chi connectivity index (χ2v) is 10.9. The zero-order valence-corrected chi connectivity index (χ0v) is 18.5. The first-order valence-corrected chi connectivity index (χ1v) is 12.1. The lowest BCUT2D eigenvalue weighted by Gasteiger charge is -2.56. The van der Waals surface area contributed by atoms with Crippen LogP contribution in [0.3, 0.4) is 0 Å². The average molecular weight is 448 g/mol. The number of ether oxygens (including phenoxy) is 1. The molecule has 168 valence electrons. The number of carbonyl (C=O) groups excluding carboxylic acids is 3. The van der Waals surface area contributed by atoms with Gasteiger partial charge in [-0.1, -0.05) is 0 Å². The zero-order chi connectivity index (χ0) is 21.8. The summed E-state index contributed by atoms with van der Waals surface area (Å²) in [6.45, 7) is 1.58. The fourth-order valence-electron chi connectivity index (χ4n) is 6.76. The molecular weight excluding hydrogens is 418 g/mol. The number of hydrogen-bond donors (Lipinski definition) is 2. The fourth-order valence-corrected chi connectivity index (χ4v) is 7.50. The Labute approximate surface area is 185 Å². The highest BCUT2D eigenvalue weighted by atomic mass is 32.1. The number of aromatic nitrogens is 1. The topological polar surface area (TPSA) is 109 Å². The number of hydrogen-bond acceptors (Lipinski definition) is 7. The molecule has 1 aromatic heterocycles. The molecule has 2 amide bonds. The summed E-state index contributed by atoms with van der Waals surface area (Å²) in [6, 6.07) is -0.746. The van der Waals surface area contributed by atoms with Gasteiger partial charge in [0.1, 0.15) is 12.6 Å². The van der Waals surface area contributed by atoms with E-state index in [1.807, 2.05) is 0 Å². The average Bonchev–Trinajstić information content (AvgIpc) is 3.30. The summed E-state index contributed by atoms with van der Waals surface area (Å²) in [4.78, 5) is 43.5. The van der Waals surface area contributed by atoms with E-state index in [2.05, 4.69) is 10.3 Å². The van der Waals surface area contributed by atoms with Gasteiger partial charge in [-0.3, -0.25) is 9.59 Å². The van der Waals surface area contributed by atoms with Crippen LogP contribution in [0.15, 0.2) is 5.38 Å². The number of anilines is 1. The van der Waals surface area contributed by atoms with Crippen molar-refractivity contribution in [2.45, 2.75) is 70.6 Å². The van der Waals surface area contributed by atoms with Gasteiger partial charge in [0.25, 0.3) is 0 Å². The molecule has 9 heteroatoms. The van der Waals surface area contributed by atoms with Gasteiger partial charge < -0.3 is 20.1 Å². The van der Waals surface area contributed by atoms with Gasteiger partial charge in [0.15, 0.2) is 5.13 Å². The number of nitrogens with one attached hydrogen (secondary N) is 1. The Bertz CT molecular complexity index is 864. The third kappa shape index (κ3) is 3.98. The third-order valence-electron chi connectivity index (χ3n) is 7.50. The Morgan fingerprint density at radius 1 is 1.19 bits per heavy atom. The van der Waals surface area contributed by atoms with E-state index in [0.29, 0.717) is 28.6 Å². The van der Waals surface area contributed by atoms with Crippen molar-refractivity contribution in [3.63, 3.8) is 0 Å². The van der Waals surface area contributed by atoms with Crippen molar-refractivity contribution in [2.24, 2.45) is 23.2 Å². The van der Waals surface area contributed by atoms with E-state index >= 15 is 0 Å². The van der Waals surface area contributed by atoms with Gasteiger partial charge in [-0.2, -0.15) is 0 Å². The Hall–Kier alpha value is -2.00. The van der Waals surface area contributed by atoms with Crippen LogP contribution < -0.4 is 5.32 Å². The molecule has 4 saturated carbocycles. The monoisotopic (exact) mass is 447 g/mol. The van der Waals surface area contributed by atoms with Crippen molar-refractivity contribution in [3.8, 4) is 0 Å². The molecule has 1 aliphatic heterocycles. The normalized spacial score (nSPS) is 35.9. The molecule has 2 atom stereocenters. The van der Waals surface area contributed by atoms with Gasteiger partial charge in [0.05, 0.1) is 17.2 Å². The molecule has 2 N–H and O–H groups in total. The second-order valence-electron chi connectivity index (χ2n) is 9.99. The summed E-state index contributed by atoms with van der Waals surface area (Å²) in [5, 5.41) is 15.0. The molecule has 4 bridgehead atoms. The quantitative estimate of drug-likeness (QED) is 0.671. The molecule has 8 nitrogen and oxygen atoms in total. The summed E-state index contributed by atoms with van der Waals surface area (Å²) in [7, 11) is 0. The van der Waals surface area contributed by atoms with Gasteiger partial charge >= 0.3 is 5.97 Å². The lowest BCUT2D eigenvalue weighted by Crippen LogP contribution is -2.56. The highest BCUT2D eigenvalue weighted by Gasteiger charge is 2.57. The molecule has 5 fully saturated rings. The number of thiazole rings is 1. The van der Waals surface area contributed by atoms with Crippen molar-refractivity contribution in [2.75, 3.05) is 11.9 Å². The van der Waals surface area contributed by atoms with Crippen LogP contribution in [-0.2, 0) is 25.7 Å². The van der Waals surface area contributed by atoms with Crippen LogP contribution in [0.1, 0.15) is 57.6 Å². The van der Waals surface area contributed by atoms with Crippen LogP contribution in [0.5, 0.6) is 0 Å². The molecule has 31 heavy (non-hydrogen) atoms. The van der Waals surface area contributed by atoms with Crippen molar-refractivity contribution >= 4 is 34.3 Å². The molecular formula is C22H29N3O5S. The summed E-state index contributed by atoms with van der Waals surface area (Å²) < 4.78 is 5.47. The first-order chi connectivity index (χ1) is 14.8. The maximum Gasteiger partial charge on any atom is 0.329 e. The van der Waals surface area contributed by atoms with E-state index < -0.39 is 18.1 Å². The van der Waals surface area contributed by atoms with Crippen LogP contribution in [-0.4, -0.2) is 51.5 Å². The number of rotatable bonds is 5. The molecule has 1 unspecified atom stereocenters. The predicted molar refractivity (Wildman–Crippen MR) is 113 cm³/mol. The summed E-state index contributed by atoms with van der Waals surface area (Å²) >= 11 is 1.26. The first-order valence-electron chi connectivity index (χ1n) is 11.2. The summed E-state index contributed by atoms with van der Waals surface area (Å²) in [6.07, 6.45) is 6.02. The molecule has 4 aliphatic carbocycles. The van der Waals surface area contributed by atoms with Gasteiger partial charge in [-0.05, 0) is 56.3 Å². The van der Waals surface area contributed by atoms with E-state index in [0.717, 1.165) is 19.3 Å². The highest BCUT2D eigenvalue weighted by molar-refractivity contribution is 7.13. The number of aliphatic hydroxyl groups excluding tert-OH is 1. The van der Waals surface area contributed by atoms with E-state index in [-0.39, 0.29) is 36.8 Å². The smallest absolute Gasteiger partial charge is 0.329 e. The van der Waals surface area contributed by atoms with Crippen molar-refractivity contribution in [3.05, 3.63) is 11.1 Å². The van der Waals surface area contributed by atoms with Crippen LogP contribution in [0.4, 0.5) is 5.13 Å². The number of likely N-dealkylation sites (tertiary alicyclic amines) is 1.